The molecule has 0 saturated carbocycles. The van der Waals surface area contributed by atoms with Crippen LogP contribution >= 0.6 is 11.3 Å². The number of hydrogen-bond acceptors (Lipinski definition) is 7. The van der Waals surface area contributed by atoms with E-state index in [9.17, 15) is 4.79 Å². The summed E-state index contributed by atoms with van der Waals surface area (Å²) in [5.74, 6) is 0.977. The van der Waals surface area contributed by atoms with Crippen LogP contribution in [0.4, 0.5) is 5.82 Å². The summed E-state index contributed by atoms with van der Waals surface area (Å²) in [6.45, 7) is 11.2. The second-order valence-corrected chi connectivity index (χ2v) is 9.17. The lowest BCUT2D eigenvalue weighted by atomic mass is 10.1. The SMILES string of the molecule is Cc1c(C(=O)OCC(C)C)sc2ncnc(N3CCN(Cc4ccccc4)CC3)c12. The van der Waals surface area contributed by atoms with Gasteiger partial charge in [-0.15, -0.1) is 11.3 Å². The van der Waals surface area contributed by atoms with E-state index in [0.29, 0.717) is 17.4 Å². The first-order chi connectivity index (χ1) is 14.5. The number of carbonyl (C=O) groups is 1. The third-order valence-corrected chi connectivity index (χ3v) is 6.54. The minimum atomic E-state index is -0.261. The lowest BCUT2D eigenvalue weighted by molar-refractivity contribution is 0.0464. The monoisotopic (exact) mass is 424 g/mol. The maximum absolute atomic E-state index is 12.6. The highest BCUT2D eigenvalue weighted by Crippen LogP contribution is 2.35. The van der Waals surface area contributed by atoms with Crippen LogP contribution in [0.5, 0.6) is 0 Å². The first-order valence-electron chi connectivity index (χ1n) is 10.5. The minimum absolute atomic E-state index is 0.261. The van der Waals surface area contributed by atoms with Gasteiger partial charge in [-0.1, -0.05) is 44.2 Å². The largest absolute Gasteiger partial charge is 0.461 e. The molecule has 30 heavy (non-hydrogen) atoms. The Kier molecular flexibility index (Phi) is 6.29. The Morgan fingerprint density at radius 2 is 1.87 bits per heavy atom. The van der Waals surface area contributed by atoms with Crippen molar-refractivity contribution in [3.05, 3.63) is 52.7 Å². The van der Waals surface area contributed by atoms with Gasteiger partial charge >= 0.3 is 5.97 Å². The number of ether oxygens (including phenoxy) is 1. The van der Waals surface area contributed by atoms with Gasteiger partial charge < -0.3 is 9.64 Å². The van der Waals surface area contributed by atoms with E-state index in [-0.39, 0.29) is 5.97 Å². The molecule has 2 aromatic heterocycles. The first-order valence-corrected chi connectivity index (χ1v) is 11.3. The quantitative estimate of drug-likeness (QED) is 0.555. The molecule has 1 fully saturated rings. The fraction of sp³-hybridized carbons (Fsp3) is 0.435. The van der Waals surface area contributed by atoms with Crippen LogP contribution in [0, 0.1) is 12.8 Å². The number of thiophene rings is 1. The maximum atomic E-state index is 12.6. The number of anilines is 1. The van der Waals surface area contributed by atoms with E-state index in [1.54, 1.807) is 6.33 Å². The highest BCUT2D eigenvalue weighted by molar-refractivity contribution is 7.20. The van der Waals surface area contributed by atoms with Crippen LogP contribution in [0.2, 0.25) is 0 Å². The fourth-order valence-corrected chi connectivity index (χ4v) is 4.79. The zero-order valence-corrected chi connectivity index (χ0v) is 18.6. The standard InChI is InChI=1S/C23H28N4O2S/c1-16(2)14-29-23(28)20-17(3)19-21(24-15-25-22(19)30-20)27-11-9-26(10-12-27)13-18-7-5-4-6-8-18/h4-8,15-16H,9-14H2,1-3H3. The van der Waals surface area contributed by atoms with E-state index < -0.39 is 0 Å². The molecule has 1 aliphatic rings. The minimum Gasteiger partial charge on any atom is -0.461 e. The van der Waals surface area contributed by atoms with Gasteiger partial charge in [-0.2, -0.15) is 0 Å². The molecule has 1 aromatic carbocycles. The van der Waals surface area contributed by atoms with Gasteiger partial charge in [0.1, 0.15) is 21.9 Å². The first kappa shape index (κ1) is 20.8. The number of piperazine rings is 1. The molecule has 3 aromatic rings. The van der Waals surface area contributed by atoms with Gasteiger partial charge in [0.15, 0.2) is 0 Å². The van der Waals surface area contributed by atoms with Crippen molar-refractivity contribution in [3.8, 4) is 0 Å². The average molecular weight is 425 g/mol. The average Bonchev–Trinajstić information content (AvgIpc) is 3.10. The number of aromatic nitrogens is 2. The van der Waals surface area contributed by atoms with Crippen LogP contribution in [0.15, 0.2) is 36.7 Å². The van der Waals surface area contributed by atoms with Crippen LogP contribution in [0.25, 0.3) is 10.2 Å². The molecule has 7 heteroatoms. The fourth-order valence-electron chi connectivity index (χ4n) is 3.75. The predicted octanol–water partition coefficient (Wildman–Crippen LogP) is 4.13. The molecule has 0 bridgehead atoms. The lowest BCUT2D eigenvalue weighted by Crippen LogP contribution is -2.46. The van der Waals surface area contributed by atoms with E-state index in [1.165, 1.54) is 16.9 Å². The molecule has 4 rings (SSSR count). The summed E-state index contributed by atoms with van der Waals surface area (Å²) in [4.78, 5) is 27.9. The topological polar surface area (TPSA) is 58.6 Å². The number of nitrogens with zero attached hydrogens (tertiary/aromatic N) is 4. The Hall–Kier alpha value is -2.51. The molecule has 6 nitrogen and oxygen atoms in total. The van der Waals surface area contributed by atoms with Crippen LogP contribution < -0.4 is 4.90 Å². The van der Waals surface area contributed by atoms with E-state index in [0.717, 1.165) is 54.3 Å². The molecule has 0 radical (unpaired) electrons. The number of rotatable bonds is 6. The Labute approximate surface area is 181 Å². The summed E-state index contributed by atoms with van der Waals surface area (Å²) < 4.78 is 5.46. The van der Waals surface area contributed by atoms with Crippen LogP contribution in [0.1, 0.15) is 34.6 Å². The summed E-state index contributed by atoms with van der Waals surface area (Å²) in [5.41, 5.74) is 2.26. The van der Waals surface area contributed by atoms with E-state index in [4.69, 9.17) is 4.74 Å². The second-order valence-electron chi connectivity index (χ2n) is 8.17. The number of esters is 1. The Balaban J connectivity index is 1.50. The lowest BCUT2D eigenvalue weighted by Gasteiger charge is -2.35. The Bertz CT molecular complexity index is 1010. The van der Waals surface area contributed by atoms with Crippen molar-refractivity contribution in [1.82, 2.24) is 14.9 Å². The molecule has 0 aliphatic carbocycles. The molecule has 0 unspecified atom stereocenters. The van der Waals surface area contributed by atoms with E-state index in [2.05, 4.69) is 50.1 Å². The van der Waals surface area contributed by atoms with E-state index >= 15 is 0 Å². The number of carbonyl (C=O) groups excluding carboxylic acids is 1. The van der Waals surface area contributed by atoms with Crippen molar-refractivity contribution in [2.45, 2.75) is 27.3 Å². The van der Waals surface area contributed by atoms with Crippen LogP contribution in [-0.2, 0) is 11.3 Å². The predicted molar refractivity (Wildman–Crippen MR) is 121 cm³/mol. The van der Waals surface area contributed by atoms with Crippen molar-refractivity contribution in [1.29, 1.82) is 0 Å². The highest BCUT2D eigenvalue weighted by Gasteiger charge is 2.25. The zero-order valence-electron chi connectivity index (χ0n) is 17.8. The normalized spacial score (nSPS) is 15.1. The van der Waals surface area contributed by atoms with Crippen LogP contribution in [-0.4, -0.2) is 53.6 Å². The second kappa shape index (κ2) is 9.10. The van der Waals surface area contributed by atoms with Crippen molar-refractivity contribution in [2.75, 3.05) is 37.7 Å². The summed E-state index contributed by atoms with van der Waals surface area (Å²) in [5, 5.41) is 0.982. The molecule has 0 N–H and O–H groups in total. The summed E-state index contributed by atoms with van der Waals surface area (Å²) in [6, 6.07) is 10.6. The van der Waals surface area contributed by atoms with Gasteiger partial charge in [-0.05, 0) is 24.0 Å². The summed E-state index contributed by atoms with van der Waals surface area (Å²) in [7, 11) is 0. The van der Waals surface area contributed by atoms with Gasteiger partial charge in [-0.25, -0.2) is 14.8 Å². The van der Waals surface area contributed by atoms with Gasteiger partial charge in [-0.3, -0.25) is 4.90 Å². The van der Waals surface area contributed by atoms with Crippen molar-refractivity contribution >= 4 is 33.3 Å². The van der Waals surface area contributed by atoms with Crippen molar-refractivity contribution < 1.29 is 9.53 Å². The summed E-state index contributed by atoms with van der Waals surface area (Å²) in [6.07, 6.45) is 1.60. The molecular formula is C23H28N4O2S. The van der Waals surface area contributed by atoms with Gasteiger partial charge in [0.2, 0.25) is 0 Å². The van der Waals surface area contributed by atoms with Gasteiger partial charge in [0.05, 0.1) is 12.0 Å². The highest BCUT2D eigenvalue weighted by atomic mass is 32.1. The van der Waals surface area contributed by atoms with E-state index in [1.807, 2.05) is 20.8 Å². The van der Waals surface area contributed by atoms with Gasteiger partial charge in [0, 0.05) is 32.7 Å². The number of benzene rings is 1. The Morgan fingerprint density at radius 3 is 2.57 bits per heavy atom. The molecule has 158 valence electrons. The molecule has 3 heterocycles. The molecule has 0 atom stereocenters. The molecular weight excluding hydrogens is 396 g/mol. The van der Waals surface area contributed by atoms with Crippen molar-refractivity contribution in [3.63, 3.8) is 0 Å². The van der Waals surface area contributed by atoms with Crippen LogP contribution in [0.3, 0.4) is 0 Å². The zero-order chi connectivity index (χ0) is 21.1. The molecule has 1 saturated heterocycles. The van der Waals surface area contributed by atoms with Gasteiger partial charge in [0.25, 0.3) is 0 Å². The summed E-state index contributed by atoms with van der Waals surface area (Å²) >= 11 is 1.40. The number of fused-ring (bicyclic) bond motifs is 1. The smallest absolute Gasteiger partial charge is 0.348 e. The number of aryl methyl sites for hydroxylation is 1. The van der Waals surface area contributed by atoms with Crippen molar-refractivity contribution in [2.24, 2.45) is 5.92 Å². The Morgan fingerprint density at radius 1 is 1.13 bits per heavy atom. The number of hydrogen-bond donors (Lipinski definition) is 0. The molecule has 1 aliphatic heterocycles. The molecule has 0 amide bonds. The third-order valence-electron chi connectivity index (χ3n) is 5.36. The molecule has 0 spiro atoms. The maximum Gasteiger partial charge on any atom is 0.348 e. The third kappa shape index (κ3) is 4.47.